The van der Waals surface area contributed by atoms with Crippen LogP contribution in [0, 0.1) is 0 Å². The number of hydrogen-bond acceptors (Lipinski definition) is 0. The van der Waals surface area contributed by atoms with E-state index in [1.54, 1.807) is 0 Å². The number of allylic oxidation sites excluding steroid dienone is 1. The van der Waals surface area contributed by atoms with Crippen LogP contribution in [0.5, 0.6) is 0 Å². The van der Waals surface area contributed by atoms with E-state index in [0.717, 1.165) is 6.42 Å². The van der Waals surface area contributed by atoms with Crippen molar-refractivity contribution in [2.75, 3.05) is 0 Å². The molecule has 0 radical (unpaired) electrons. The fourth-order valence-corrected chi connectivity index (χ4v) is 6.54. The summed E-state index contributed by atoms with van der Waals surface area (Å²) in [5.41, 5.74) is 0. The monoisotopic (exact) mass is 439 g/mol. The van der Waals surface area contributed by atoms with E-state index in [4.69, 9.17) is 1.96 Å². The van der Waals surface area contributed by atoms with Gasteiger partial charge in [-0.1, -0.05) is 0 Å². The average molecular weight is 439 g/mol. The van der Waals surface area contributed by atoms with Gasteiger partial charge >= 0.3 is 74.3 Å². The fourth-order valence-electron chi connectivity index (χ4n) is 0.122. The van der Waals surface area contributed by atoms with E-state index in [9.17, 15) is 0 Å². The molecule has 0 aliphatic rings. The van der Waals surface area contributed by atoms with Crippen molar-refractivity contribution in [3.63, 3.8) is 0 Å². The molecule has 0 nitrogen and oxygen atoms in total. The van der Waals surface area contributed by atoms with Crippen molar-refractivity contribution in [1.82, 2.24) is 0 Å². The van der Waals surface area contributed by atoms with E-state index in [1.807, 2.05) is 13.0 Å². The van der Waals surface area contributed by atoms with E-state index in [-0.39, 0.29) is 13.3 Å². The fraction of sp³-hybridized carbons (Fsp3) is 0.500. The third-order valence-corrected chi connectivity index (χ3v) is 10.7. The second-order valence-corrected chi connectivity index (χ2v) is 20.9. The first-order valence-electron chi connectivity index (χ1n) is 2.76. The van der Waals surface area contributed by atoms with Crippen molar-refractivity contribution in [3.8, 4) is 0 Å². The van der Waals surface area contributed by atoms with Gasteiger partial charge in [-0.25, -0.2) is 0 Å². The Morgan fingerprint density at radius 1 is 2.29 bits per heavy atom. The van der Waals surface area contributed by atoms with Gasteiger partial charge in [0, 0.05) is 0 Å². The van der Waals surface area contributed by atoms with Gasteiger partial charge < -0.3 is 0 Å². The average Bonchev–Trinajstić information content (AvgIpc) is 1.87. The molecular weight excluding hydrogens is 429 g/mol. The first-order chi connectivity index (χ1) is 4.22. The van der Waals surface area contributed by atoms with E-state index in [2.05, 4.69) is 18.6 Å². The molecule has 0 unspecified atom stereocenters. The van der Waals surface area contributed by atoms with Crippen molar-refractivity contribution >= 4 is 35.6 Å². The van der Waals surface area contributed by atoms with Crippen molar-refractivity contribution in [1.29, 1.82) is 0.594 Å². The molecule has 7 heavy (non-hydrogen) atoms. The molecule has 0 aromatic rings. The van der Waals surface area contributed by atoms with Gasteiger partial charge in [0.15, 0.2) is 0 Å². The van der Waals surface area contributed by atoms with Gasteiger partial charge in [-0.15, -0.1) is 0 Å². The first kappa shape index (κ1) is 5.70. The third-order valence-electron chi connectivity index (χ3n) is 0.350. The molecule has 0 saturated heterocycles. The maximum atomic E-state index is 7.47. The molecule has 0 saturated carbocycles. The van der Waals surface area contributed by atoms with Gasteiger partial charge in [-0.05, 0) is 0 Å². The van der Waals surface area contributed by atoms with Crippen molar-refractivity contribution in [3.05, 3.63) is 10.1 Å². The van der Waals surface area contributed by atoms with Crippen molar-refractivity contribution in [2.45, 2.75) is 13.3 Å². The Morgan fingerprint density at radius 2 is 3.00 bits per heavy atom. The molecule has 0 aromatic carbocycles. The minimum absolute atomic E-state index is 0.0294. The normalized spacial score (nSPS) is 18.6. The first-order valence-corrected chi connectivity index (χ1v) is 15.5. The molecule has 0 spiro atoms. The molecule has 0 aliphatic heterocycles. The van der Waals surface area contributed by atoms with Crippen LogP contribution in [0.2, 0.25) is 0 Å². The van der Waals surface area contributed by atoms with Gasteiger partial charge in [0.2, 0.25) is 0 Å². The van der Waals surface area contributed by atoms with Crippen LogP contribution in [0.15, 0.2) is 10.1 Å². The van der Waals surface area contributed by atoms with Crippen LogP contribution >= 0.6 is 35.6 Å². The van der Waals surface area contributed by atoms with Crippen LogP contribution in [0.3, 0.4) is 0 Å². The standard InChI is InChI=1S/C4H8I3/c1-2-3-4-6-7-5/h3-4,6H,2H2,1H3/q-1/i4D,6D. The molecule has 0 aliphatic carbocycles. The van der Waals surface area contributed by atoms with Crippen LogP contribution in [0.4, 0.5) is 0 Å². The predicted octanol–water partition coefficient (Wildman–Crippen LogP) is -0.0329. The van der Waals surface area contributed by atoms with Gasteiger partial charge in [0.25, 0.3) is 0 Å². The summed E-state index contributed by atoms with van der Waals surface area (Å²) >= 11 is 0.755. The maximum absolute atomic E-state index is 7.47. The van der Waals surface area contributed by atoms with E-state index in [0.29, 0.717) is 4.06 Å². The van der Waals surface area contributed by atoms with Crippen LogP contribution in [-0.4, -0.2) is 0.594 Å². The summed E-state index contributed by atoms with van der Waals surface area (Å²) < 4.78 is 15.5. The molecular formula is C4H8I3-. The summed E-state index contributed by atoms with van der Waals surface area (Å²) in [6.45, 7) is 2.02. The molecule has 0 atom stereocenters. The topological polar surface area (TPSA) is 0 Å². The minimum atomic E-state index is -1.57. The molecule has 46 valence electrons. The molecule has 0 bridgehead atoms. The predicted molar refractivity (Wildman–Crippen MR) is 48.9 cm³/mol. The molecule has 0 N–H and O–H groups in total. The summed E-state index contributed by atoms with van der Waals surface area (Å²) in [7, 11) is 0. The number of rotatable bonds is 3. The number of halogens is 3. The van der Waals surface area contributed by atoms with E-state index < -0.39 is 17.0 Å². The van der Waals surface area contributed by atoms with Crippen LogP contribution < -0.4 is 13.3 Å². The van der Waals surface area contributed by atoms with E-state index in [1.165, 1.54) is 0 Å². The third kappa shape index (κ3) is 7.93. The van der Waals surface area contributed by atoms with Crippen LogP contribution in [0.1, 0.15) is 14.7 Å². The summed E-state index contributed by atoms with van der Waals surface area (Å²) in [5.74, 6) is 0. The van der Waals surface area contributed by atoms with Crippen molar-refractivity contribution in [2.24, 2.45) is 0 Å². The molecule has 0 amide bonds. The molecule has 0 rings (SSSR count). The van der Waals surface area contributed by atoms with E-state index >= 15 is 0 Å². The summed E-state index contributed by atoms with van der Waals surface area (Å²) in [5, 5.41) is 0. The zero-order valence-corrected chi connectivity index (χ0v) is 10.4. The second kappa shape index (κ2) is 7.93. The Kier molecular flexibility index (Phi) is 6.45. The zero-order valence-electron chi connectivity index (χ0n) is 5.92. The number of hydrogen-bond donors (Lipinski definition) is 0. The van der Waals surface area contributed by atoms with Crippen LogP contribution in [-0.2, 0) is 0 Å². The van der Waals surface area contributed by atoms with Gasteiger partial charge in [0.1, 0.15) is 0 Å². The zero-order chi connectivity index (χ0) is 7.28. The summed E-state index contributed by atoms with van der Waals surface area (Å²) in [6.07, 6.45) is 2.81. The molecule has 3 heteroatoms. The Bertz CT molecular complexity index is 104. The second-order valence-electron chi connectivity index (χ2n) is 0.847. The Morgan fingerprint density at radius 3 is 3.43 bits per heavy atom. The summed E-state index contributed by atoms with van der Waals surface area (Å²) in [4.78, 5) is 0. The Balaban J connectivity index is 3.70. The quantitative estimate of drug-likeness (QED) is 0.543. The van der Waals surface area contributed by atoms with Crippen LogP contribution in [0.25, 0.3) is 0 Å². The van der Waals surface area contributed by atoms with Gasteiger partial charge in [-0.2, -0.15) is 0 Å². The summed E-state index contributed by atoms with van der Waals surface area (Å²) in [6, 6.07) is 0. The molecule has 0 heterocycles. The Hall–Kier alpha value is 1.93. The Labute approximate surface area is 73.1 Å². The van der Waals surface area contributed by atoms with Crippen molar-refractivity contribution < 1.29 is 14.6 Å². The van der Waals surface area contributed by atoms with Gasteiger partial charge in [0.05, 0.1) is 0 Å². The molecule has 0 aromatic heterocycles. The molecule has 0 fully saturated rings. The SMILES string of the molecule is [2H]C(=CCC)I([2H])[I-]I. The van der Waals surface area contributed by atoms with Gasteiger partial charge in [-0.3, -0.25) is 0 Å².